The second kappa shape index (κ2) is 5.20. The highest BCUT2D eigenvalue weighted by atomic mass is 35.5. The van der Waals surface area contributed by atoms with Gasteiger partial charge >= 0.3 is 0 Å². The lowest BCUT2D eigenvalue weighted by molar-refractivity contribution is 0.265. The molecule has 0 radical (unpaired) electrons. The monoisotopic (exact) mass is 237 g/mol. The predicted octanol–water partition coefficient (Wildman–Crippen LogP) is 4.10. The Hall–Kier alpha value is -0.530. The SMILES string of the molecule is CNC(CC1CCC1)c1cc(Cl)ccc1C. The maximum atomic E-state index is 6.07. The average Bonchev–Trinajstić information content (AvgIpc) is 2.21. The van der Waals surface area contributed by atoms with E-state index in [0.717, 1.165) is 10.9 Å². The number of hydrogen-bond acceptors (Lipinski definition) is 1. The van der Waals surface area contributed by atoms with E-state index < -0.39 is 0 Å². The van der Waals surface area contributed by atoms with Crippen molar-refractivity contribution in [3.8, 4) is 0 Å². The van der Waals surface area contributed by atoms with Crippen LogP contribution in [0.3, 0.4) is 0 Å². The molecule has 1 aromatic carbocycles. The normalized spacial score (nSPS) is 18.2. The number of rotatable bonds is 4. The molecule has 1 saturated carbocycles. The molecule has 0 amide bonds. The molecule has 1 nitrogen and oxygen atoms in total. The van der Waals surface area contributed by atoms with Crippen LogP contribution in [0.25, 0.3) is 0 Å². The zero-order valence-corrected chi connectivity index (χ0v) is 10.8. The molecule has 16 heavy (non-hydrogen) atoms. The van der Waals surface area contributed by atoms with Crippen LogP contribution in [0.5, 0.6) is 0 Å². The summed E-state index contributed by atoms with van der Waals surface area (Å²) in [5.74, 6) is 0.913. The fourth-order valence-corrected chi connectivity index (χ4v) is 2.63. The number of aryl methyl sites for hydroxylation is 1. The van der Waals surface area contributed by atoms with E-state index in [-0.39, 0.29) is 0 Å². The molecular formula is C14H20ClN. The van der Waals surface area contributed by atoms with E-state index in [1.165, 1.54) is 36.8 Å². The zero-order chi connectivity index (χ0) is 11.5. The van der Waals surface area contributed by atoms with Gasteiger partial charge in [-0.05, 0) is 49.6 Å². The molecule has 1 aliphatic rings. The van der Waals surface area contributed by atoms with Crippen LogP contribution in [0, 0.1) is 12.8 Å². The predicted molar refractivity (Wildman–Crippen MR) is 69.9 cm³/mol. The Kier molecular flexibility index (Phi) is 3.88. The summed E-state index contributed by atoms with van der Waals surface area (Å²) in [6, 6.07) is 6.65. The summed E-state index contributed by atoms with van der Waals surface area (Å²) in [6.07, 6.45) is 5.46. The first-order valence-electron chi connectivity index (χ1n) is 6.14. The highest BCUT2D eigenvalue weighted by molar-refractivity contribution is 6.30. The van der Waals surface area contributed by atoms with Crippen molar-refractivity contribution in [1.82, 2.24) is 5.32 Å². The van der Waals surface area contributed by atoms with E-state index in [2.05, 4.69) is 24.4 Å². The molecule has 1 aliphatic carbocycles. The lowest BCUT2D eigenvalue weighted by Gasteiger charge is -2.30. The Labute approximate surface area is 103 Å². The summed E-state index contributed by atoms with van der Waals surface area (Å²) in [6.45, 7) is 2.16. The first-order chi connectivity index (χ1) is 7.70. The van der Waals surface area contributed by atoms with Crippen molar-refractivity contribution in [3.63, 3.8) is 0 Å². The summed E-state index contributed by atoms with van der Waals surface area (Å²) in [5, 5.41) is 4.27. The quantitative estimate of drug-likeness (QED) is 0.832. The summed E-state index contributed by atoms with van der Waals surface area (Å²) >= 11 is 6.07. The standard InChI is InChI=1S/C14H20ClN/c1-10-6-7-12(15)9-13(10)14(16-2)8-11-4-3-5-11/h6-7,9,11,14,16H,3-5,8H2,1-2H3. The van der Waals surface area contributed by atoms with Crippen LogP contribution < -0.4 is 5.32 Å². The third kappa shape index (κ3) is 2.58. The van der Waals surface area contributed by atoms with Crippen LogP contribution in [-0.2, 0) is 0 Å². The minimum atomic E-state index is 0.462. The molecule has 0 aromatic heterocycles. The molecule has 2 rings (SSSR count). The summed E-state index contributed by atoms with van der Waals surface area (Å²) < 4.78 is 0. The van der Waals surface area contributed by atoms with E-state index in [9.17, 15) is 0 Å². The molecule has 2 heteroatoms. The number of hydrogen-bond donors (Lipinski definition) is 1. The van der Waals surface area contributed by atoms with Gasteiger partial charge in [0.25, 0.3) is 0 Å². The Morgan fingerprint density at radius 2 is 2.19 bits per heavy atom. The van der Waals surface area contributed by atoms with Crippen LogP contribution in [0.2, 0.25) is 5.02 Å². The second-order valence-electron chi connectivity index (χ2n) is 4.87. The van der Waals surface area contributed by atoms with Crippen molar-refractivity contribution in [3.05, 3.63) is 34.3 Å². The molecule has 1 N–H and O–H groups in total. The van der Waals surface area contributed by atoms with E-state index in [0.29, 0.717) is 6.04 Å². The largest absolute Gasteiger partial charge is 0.313 e. The van der Waals surface area contributed by atoms with Gasteiger partial charge in [-0.3, -0.25) is 0 Å². The first-order valence-corrected chi connectivity index (χ1v) is 6.52. The van der Waals surface area contributed by atoms with Crippen molar-refractivity contribution >= 4 is 11.6 Å². The lowest BCUT2D eigenvalue weighted by Crippen LogP contribution is -2.23. The van der Waals surface area contributed by atoms with Crippen molar-refractivity contribution < 1.29 is 0 Å². The van der Waals surface area contributed by atoms with Gasteiger partial charge in [0.05, 0.1) is 0 Å². The fourth-order valence-electron chi connectivity index (χ4n) is 2.45. The van der Waals surface area contributed by atoms with Crippen molar-refractivity contribution in [1.29, 1.82) is 0 Å². The minimum absolute atomic E-state index is 0.462. The van der Waals surface area contributed by atoms with Crippen LogP contribution in [0.4, 0.5) is 0 Å². The Bertz CT molecular complexity index is 358. The third-order valence-corrected chi connectivity index (χ3v) is 3.99. The smallest absolute Gasteiger partial charge is 0.0409 e. The van der Waals surface area contributed by atoms with Gasteiger partial charge in [0.2, 0.25) is 0 Å². The van der Waals surface area contributed by atoms with E-state index in [1.54, 1.807) is 0 Å². The van der Waals surface area contributed by atoms with Crippen LogP contribution in [-0.4, -0.2) is 7.05 Å². The molecule has 1 fully saturated rings. The van der Waals surface area contributed by atoms with Crippen LogP contribution in [0.1, 0.15) is 42.9 Å². The fraction of sp³-hybridized carbons (Fsp3) is 0.571. The molecule has 0 aliphatic heterocycles. The van der Waals surface area contributed by atoms with E-state index in [1.807, 2.05) is 13.1 Å². The highest BCUT2D eigenvalue weighted by Crippen LogP contribution is 2.35. The van der Waals surface area contributed by atoms with E-state index in [4.69, 9.17) is 11.6 Å². The molecule has 0 heterocycles. The van der Waals surface area contributed by atoms with Gasteiger partial charge in [0.1, 0.15) is 0 Å². The van der Waals surface area contributed by atoms with Crippen LogP contribution >= 0.6 is 11.6 Å². The molecule has 0 bridgehead atoms. The van der Waals surface area contributed by atoms with Crippen molar-refractivity contribution in [2.45, 2.75) is 38.6 Å². The number of nitrogens with one attached hydrogen (secondary N) is 1. The van der Waals surface area contributed by atoms with Crippen molar-refractivity contribution in [2.24, 2.45) is 5.92 Å². The van der Waals surface area contributed by atoms with Crippen molar-refractivity contribution in [2.75, 3.05) is 7.05 Å². The third-order valence-electron chi connectivity index (χ3n) is 3.76. The molecule has 1 aromatic rings. The summed E-state index contributed by atoms with van der Waals surface area (Å²) in [4.78, 5) is 0. The van der Waals surface area contributed by atoms with Gasteiger partial charge in [-0.25, -0.2) is 0 Å². The molecule has 1 atom stereocenters. The molecule has 1 unspecified atom stereocenters. The minimum Gasteiger partial charge on any atom is -0.313 e. The molecule has 0 spiro atoms. The van der Waals surface area contributed by atoms with Gasteiger partial charge in [-0.1, -0.05) is 36.9 Å². The first kappa shape index (κ1) is 11.9. The zero-order valence-electron chi connectivity index (χ0n) is 10.1. The van der Waals surface area contributed by atoms with Gasteiger partial charge in [-0.15, -0.1) is 0 Å². The summed E-state index contributed by atoms with van der Waals surface area (Å²) in [7, 11) is 2.05. The molecule has 88 valence electrons. The average molecular weight is 238 g/mol. The molecule has 0 saturated heterocycles. The maximum Gasteiger partial charge on any atom is 0.0409 e. The van der Waals surface area contributed by atoms with Gasteiger partial charge in [0, 0.05) is 11.1 Å². The summed E-state index contributed by atoms with van der Waals surface area (Å²) in [5.41, 5.74) is 2.70. The number of halogens is 1. The topological polar surface area (TPSA) is 12.0 Å². The maximum absolute atomic E-state index is 6.07. The van der Waals surface area contributed by atoms with Crippen LogP contribution in [0.15, 0.2) is 18.2 Å². The Morgan fingerprint density at radius 1 is 1.44 bits per heavy atom. The lowest BCUT2D eigenvalue weighted by atomic mass is 9.79. The van der Waals surface area contributed by atoms with E-state index >= 15 is 0 Å². The second-order valence-corrected chi connectivity index (χ2v) is 5.31. The van der Waals surface area contributed by atoms with Gasteiger partial charge < -0.3 is 5.32 Å². The van der Waals surface area contributed by atoms with Gasteiger partial charge in [-0.2, -0.15) is 0 Å². The highest BCUT2D eigenvalue weighted by Gasteiger charge is 2.23. The Morgan fingerprint density at radius 3 is 2.75 bits per heavy atom. The number of benzene rings is 1. The Balaban J connectivity index is 2.14. The molecular weight excluding hydrogens is 218 g/mol. The van der Waals surface area contributed by atoms with Gasteiger partial charge in [0.15, 0.2) is 0 Å².